The maximum absolute atomic E-state index is 12.8. The minimum atomic E-state index is -0.889. The van der Waals surface area contributed by atoms with Gasteiger partial charge in [0, 0.05) is 18.7 Å². The number of hydrogen-bond acceptors (Lipinski definition) is 2. The molecule has 0 aliphatic carbocycles. The molecule has 2 aromatic carbocycles. The van der Waals surface area contributed by atoms with Gasteiger partial charge in [-0.15, -0.1) is 0 Å². The van der Waals surface area contributed by atoms with E-state index in [2.05, 4.69) is 0 Å². The van der Waals surface area contributed by atoms with Crippen LogP contribution in [0.5, 0.6) is 0 Å². The molecule has 4 nitrogen and oxygen atoms in total. The van der Waals surface area contributed by atoms with E-state index in [-0.39, 0.29) is 24.8 Å². The molecule has 0 atom stereocenters. The van der Waals surface area contributed by atoms with E-state index < -0.39 is 5.97 Å². The van der Waals surface area contributed by atoms with Gasteiger partial charge in [-0.1, -0.05) is 50.2 Å². The van der Waals surface area contributed by atoms with Gasteiger partial charge in [-0.05, 0) is 22.8 Å². The lowest BCUT2D eigenvalue weighted by Crippen LogP contribution is -2.36. The van der Waals surface area contributed by atoms with Crippen LogP contribution in [0.2, 0.25) is 0 Å². The first-order chi connectivity index (χ1) is 10.5. The van der Waals surface area contributed by atoms with E-state index in [4.69, 9.17) is 5.11 Å². The van der Waals surface area contributed by atoms with Crippen molar-refractivity contribution in [2.75, 3.05) is 13.1 Å². The van der Waals surface area contributed by atoms with E-state index in [0.717, 1.165) is 10.8 Å². The topological polar surface area (TPSA) is 57.6 Å². The van der Waals surface area contributed by atoms with Gasteiger partial charge in [0.1, 0.15) is 0 Å². The normalized spacial score (nSPS) is 10.9. The van der Waals surface area contributed by atoms with Crippen LogP contribution in [-0.4, -0.2) is 35.0 Å². The first-order valence-electron chi connectivity index (χ1n) is 7.48. The Balaban J connectivity index is 2.33. The van der Waals surface area contributed by atoms with Gasteiger partial charge in [0.2, 0.25) is 0 Å². The molecule has 2 aromatic rings. The molecule has 1 N–H and O–H groups in total. The molecular weight excluding hydrogens is 278 g/mol. The van der Waals surface area contributed by atoms with Crippen LogP contribution in [0, 0.1) is 5.92 Å². The number of carboxylic acids is 1. The lowest BCUT2D eigenvalue weighted by atomic mass is 10.0. The van der Waals surface area contributed by atoms with Gasteiger partial charge in [-0.3, -0.25) is 9.59 Å². The van der Waals surface area contributed by atoms with Crippen LogP contribution >= 0.6 is 0 Å². The van der Waals surface area contributed by atoms with Crippen molar-refractivity contribution in [2.24, 2.45) is 5.92 Å². The largest absolute Gasteiger partial charge is 0.481 e. The Morgan fingerprint density at radius 1 is 1.09 bits per heavy atom. The molecule has 116 valence electrons. The Bertz CT molecular complexity index is 674. The quantitative estimate of drug-likeness (QED) is 0.889. The third kappa shape index (κ3) is 3.85. The zero-order valence-electron chi connectivity index (χ0n) is 13.0. The maximum atomic E-state index is 12.8. The molecule has 0 unspecified atom stereocenters. The number of nitrogens with zero attached hydrogens (tertiary/aromatic N) is 1. The Labute approximate surface area is 130 Å². The van der Waals surface area contributed by atoms with Gasteiger partial charge in [-0.2, -0.15) is 0 Å². The summed E-state index contributed by atoms with van der Waals surface area (Å²) in [7, 11) is 0. The summed E-state index contributed by atoms with van der Waals surface area (Å²) in [5, 5.41) is 10.8. The van der Waals surface area contributed by atoms with Gasteiger partial charge in [0.05, 0.1) is 6.42 Å². The van der Waals surface area contributed by atoms with Crippen LogP contribution in [0.4, 0.5) is 0 Å². The highest BCUT2D eigenvalue weighted by molar-refractivity contribution is 6.07. The fourth-order valence-electron chi connectivity index (χ4n) is 2.53. The first kappa shape index (κ1) is 16.0. The Hall–Kier alpha value is -2.36. The molecule has 0 spiro atoms. The molecule has 22 heavy (non-hydrogen) atoms. The zero-order valence-corrected chi connectivity index (χ0v) is 13.0. The van der Waals surface area contributed by atoms with Gasteiger partial charge in [0.15, 0.2) is 0 Å². The number of aliphatic carboxylic acids is 1. The summed E-state index contributed by atoms with van der Waals surface area (Å²) in [6.45, 7) is 4.82. The molecule has 0 aromatic heterocycles. The van der Waals surface area contributed by atoms with E-state index >= 15 is 0 Å². The van der Waals surface area contributed by atoms with E-state index in [1.54, 1.807) is 11.0 Å². The summed E-state index contributed by atoms with van der Waals surface area (Å²) in [6, 6.07) is 13.4. The number of carboxylic acid groups (broad SMARTS) is 1. The van der Waals surface area contributed by atoms with Crippen molar-refractivity contribution in [1.82, 2.24) is 4.90 Å². The molecule has 1 amide bonds. The lowest BCUT2D eigenvalue weighted by molar-refractivity contribution is -0.137. The second kappa shape index (κ2) is 7.07. The number of benzene rings is 2. The first-order valence-corrected chi connectivity index (χ1v) is 7.48. The predicted octanol–water partition coefficient (Wildman–Crippen LogP) is 3.41. The predicted molar refractivity (Wildman–Crippen MR) is 86.9 cm³/mol. The molecule has 2 rings (SSSR count). The smallest absolute Gasteiger partial charge is 0.305 e. The SMILES string of the molecule is CC(C)CN(CCC(=O)O)C(=O)c1cccc2ccccc12. The summed E-state index contributed by atoms with van der Waals surface area (Å²) in [6.07, 6.45) is -0.0385. The number of carbonyl (C=O) groups excluding carboxylic acids is 1. The van der Waals surface area contributed by atoms with Gasteiger partial charge >= 0.3 is 5.97 Å². The van der Waals surface area contributed by atoms with Crippen molar-refractivity contribution in [3.8, 4) is 0 Å². The van der Waals surface area contributed by atoms with E-state index in [1.807, 2.05) is 50.2 Å². The van der Waals surface area contributed by atoms with Crippen LogP contribution in [0.1, 0.15) is 30.6 Å². The minimum absolute atomic E-state index is 0.0385. The molecule has 0 radical (unpaired) electrons. The highest BCUT2D eigenvalue weighted by atomic mass is 16.4. The second-order valence-electron chi connectivity index (χ2n) is 5.82. The Morgan fingerprint density at radius 3 is 2.45 bits per heavy atom. The summed E-state index contributed by atoms with van der Waals surface area (Å²) in [4.78, 5) is 25.3. The molecular formula is C18H21NO3. The maximum Gasteiger partial charge on any atom is 0.305 e. The van der Waals surface area contributed by atoms with Crippen LogP contribution < -0.4 is 0 Å². The Morgan fingerprint density at radius 2 is 1.77 bits per heavy atom. The summed E-state index contributed by atoms with van der Waals surface area (Å²) >= 11 is 0. The summed E-state index contributed by atoms with van der Waals surface area (Å²) in [5.41, 5.74) is 0.629. The minimum Gasteiger partial charge on any atom is -0.481 e. The Kier molecular flexibility index (Phi) is 5.15. The van der Waals surface area contributed by atoms with Crippen LogP contribution in [0.3, 0.4) is 0 Å². The fourth-order valence-corrected chi connectivity index (χ4v) is 2.53. The lowest BCUT2D eigenvalue weighted by Gasteiger charge is -2.24. The number of rotatable bonds is 6. The zero-order chi connectivity index (χ0) is 16.1. The van der Waals surface area contributed by atoms with Crippen molar-refractivity contribution in [3.63, 3.8) is 0 Å². The van der Waals surface area contributed by atoms with Crippen LogP contribution in [0.15, 0.2) is 42.5 Å². The molecule has 0 saturated carbocycles. The molecule has 0 heterocycles. The van der Waals surface area contributed by atoms with Gasteiger partial charge in [-0.25, -0.2) is 0 Å². The van der Waals surface area contributed by atoms with Gasteiger partial charge < -0.3 is 10.0 Å². The van der Waals surface area contributed by atoms with Crippen molar-refractivity contribution in [3.05, 3.63) is 48.0 Å². The van der Waals surface area contributed by atoms with E-state index in [0.29, 0.717) is 12.1 Å². The third-order valence-corrected chi connectivity index (χ3v) is 3.49. The standard InChI is InChI=1S/C18H21NO3/c1-13(2)12-19(11-10-17(20)21)18(22)16-9-5-7-14-6-3-4-8-15(14)16/h3-9,13H,10-12H2,1-2H3,(H,20,21). The molecule has 0 aliphatic heterocycles. The number of amides is 1. The summed E-state index contributed by atoms with van der Waals surface area (Å²) in [5.74, 6) is -0.709. The molecule has 0 aliphatic rings. The van der Waals surface area contributed by atoms with Gasteiger partial charge in [0.25, 0.3) is 5.91 Å². The van der Waals surface area contributed by atoms with E-state index in [9.17, 15) is 9.59 Å². The average Bonchev–Trinajstić information content (AvgIpc) is 2.49. The summed E-state index contributed by atoms with van der Waals surface area (Å²) < 4.78 is 0. The third-order valence-electron chi connectivity index (χ3n) is 3.49. The molecule has 0 saturated heterocycles. The average molecular weight is 299 g/mol. The number of fused-ring (bicyclic) bond motifs is 1. The highest BCUT2D eigenvalue weighted by Gasteiger charge is 2.19. The number of carbonyl (C=O) groups is 2. The van der Waals surface area contributed by atoms with Crippen LogP contribution in [0.25, 0.3) is 10.8 Å². The van der Waals surface area contributed by atoms with Crippen molar-refractivity contribution >= 4 is 22.6 Å². The molecule has 4 heteroatoms. The van der Waals surface area contributed by atoms with Crippen LogP contribution in [-0.2, 0) is 4.79 Å². The van der Waals surface area contributed by atoms with Crippen molar-refractivity contribution in [2.45, 2.75) is 20.3 Å². The molecule has 0 fully saturated rings. The molecule has 0 bridgehead atoms. The van der Waals surface area contributed by atoms with Crippen molar-refractivity contribution < 1.29 is 14.7 Å². The second-order valence-corrected chi connectivity index (χ2v) is 5.82. The van der Waals surface area contributed by atoms with E-state index in [1.165, 1.54) is 0 Å². The van der Waals surface area contributed by atoms with Crippen molar-refractivity contribution in [1.29, 1.82) is 0 Å². The fraction of sp³-hybridized carbons (Fsp3) is 0.333. The highest BCUT2D eigenvalue weighted by Crippen LogP contribution is 2.20. The monoisotopic (exact) mass is 299 g/mol. The number of hydrogen-bond donors (Lipinski definition) is 1.